The number of halogens is 1. The molecular formula is C22H21ClN6O3. The SMILES string of the molecule is CC1CCN(C(=O)Cn2nc3c(-c4nc(-c5ccc(Cl)cc5)no4)cccn3c2=O)CC1. The number of carbonyl (C=O) groups excluding carboxylic acids is 1. The Balaban J connectivity index is 1.45. The van der Waals surface area contributed by atoms with E-state index in [0.717, 1.165) is 18.4 Å². The van der Waals surface area contributed by atoms with Crippen LogP contribution in [0.25, 0.3) is 28.5 Å². The first-order valence-electron chi connectivity index (χ1n) is 10.5. The molecule has 0 radical (unpaired) electrons. The van der Waals surface area contributed by atoms with Gasteiger partial charge in [0.2, 0.25) is 11.7 Å². The molecule has 164 valence electrons. The van der Waals surface area contributed by atoms with Crippen molar-refractivity contribution < 1.29 is 9.32 Å². The van der Waals surface area contributed by atoms with Crippen LogP contribution in [0.4, 0.5) is 0 Å². The summed E-state index contributed by atoms with van der Waals surface area (Å²) in [6.07, 6.45) is 3.56. The highest BCUT2D eigenvalue weighted by Crippen LogP contribution is 2.25. The van der Waals surface area contributed by atoms with Crippen LogP contribution in [0.2, 0.25) is 5.02 Å². The van der Waals surface area contributed by atoms with Gasteiger partial charge in [-0.2, -0.15) is 4.98 Å². The Morgan fingerprint density at radius 2 is 1.94 bits per heavy atom. The van der Waals surface area contributed by atoms with Gasteiger partial charge in [0, 0.05) is 29.9 Å². The summed E-state index contributed by atoms with van der Waals surface area (Å²) in [6, 6.07) is 10.5. The van der Waals surface area contributed by atoms with E-state index in [2.05, 4.69) is 22.2 Å². The van der Waals surface area contributed by atoms with Crippen molar-refractivity contribution in [2.45, 2.75) is 26.3 Å². The lowest BCUT2D eigenvalue weighted by Crippen LogP contribution is -2.41. The minimum atomic E-state index is -0.391. The van der Waals surface area contributed by atoms with Gasteiger partial charge >= 0.3 is 5.69 Å². The largest absolute Gasteiger partial charge is 0.350 e. The van der Waals surface area contributed by atoms with Gasteiger partial charge in [-0.1, -0.05) is 23.7 Å². The third-order valence-electron chi connectivity index (χ3n) is 5.79. The molecule has 0 bridgehead atoms. The Bertz CT molecular complexity index is 1330. The van der Waals surface area contributed by atoms with Gasteiger partial charge in [-0.25, -0.2) is 13.9 Å². The van der Waals surface area contributed by atoms with E-state index in [9.17, 15) is 9.59 Å². The summed E-state index contributed by atoms with van der Waals surface area (Å²) in [6.45, 7) is 3.51. The summed E-state index contributed by atoms with van der Waals surface area (Å²) >= 11 is 5.94. The second-order valence-electron chi connectivity index (χ2n) is 8.05. The fourth-order valence-corrected chi connectivity index (χ4v) is 3.97. The van der Waals surface area contributed by atoms with Crippen LogP contribution in [-0.4, -0.2) is 48.2 Å². The smallest absolute Gasteiger partial charge is 0.341 e. The van der Waals surface area contributed by atoms with Gasteiger partial charge in [0.05, 0.1) is 5.56 Å². The molecular weight excluding hydrogens is 432 g/mol. The predicted octanol–water partition coefficient (Wildman–Crippen LogP) is 3.12. The zero-order valence-electron chi connectivity index (χ0n) is 17.4. The number of amides is 1. The Morgan fingerprint density at radius 3 is 2.69 bits per heavy atom. The monoisotopic (exact) mass is 452 g/mol. The molecule has 0 aliphatic carbocycles. The molecule has 4 aromatic rings. The Labute approximate surface area is 188 Å². The molecule has 9 nitrogen and oxygen atoms in total. The minimum Gasteiger partial charge on any atom is -0.341 e. The van der Waals surface area contributed by atoms with Crippen molar-refractivity contribution in [3.63, 3.8) is 0 Å². The van der Waals surface area contributed by atoms with Crippen molar-refractivity contribution in [1.29, 1.82) is 0 Å². The second-order valence-corrected chi connectivity index (χ2v) is 8.49. The summed E-state index contributed by atoms with van der Waals surface area (Å²) in [5.41, 5.74) is 1.22. The molecule has 32 heavy (non-hydrogen) atoms. The molecule has 1 aromatic carbocycles. The number of benzene rings is 1. The van der Waals surface area contributed by atoms with E-state index < -0.39 is 5.69 Å². The number of hydrogen-bond acceptors (Lipinski definition) is 6. The average molecular weight is 453 g/mol. The van der Waals surface area contributed by atoms with Gasteiger partial charge in [-0.05, 0) is 55.2 Å². The van der Waals surface area contributed by atoms with Crippen LogP contribution < -0.4 is 5.69 Å². The van der Waals surface area contributed by atoms with Gasteiger partial charge in [-0.15, -0.1) is 5.10 Å². The van der Waals surface area contributed by atoms with E-state index in [0.29, 0.717) is 41.1 Å². The van der Waals surface area contributed by atoms with Gasteiger partial charge in [0.25, 0.3) is 5.89 Å². The number of nitrogens with zero attached hydrogens (tertiary/aromatic N) is 6. The first-order chi connectivity index (χ1) is 15.5. The molecule has 0 unspecified atom stereocenters. The van der Waals surface area contributed by atoms with Crippen molar-refractivity contribution in [2.75, 3.05) is 13.1 Å². The normalized spacial score (nSPS) is 14.9. The van der Waals surface area contributed by atoms with E-state index in [-0.39, 0.29) is 18.3 Å². The highest BCUT2D eigenvalue weighted by Gasteiger charge is 2.23. The number of carbonyl (C=O) groups is 1. The Hall–Kier alpha value is -3.46. The van der Waals surface area contributed by atoms with Crippen LogP contribution in [0.3, 0.4) is 0 Å². The second kappa shape index (κ2) is 8.23. The van der Waals surface area contributed by atoms with Crippen molar-refractivity contribution in [1.82, 2.24) is 29.2 Å². The van der Waals surface area contributed by atoms with Crippen LogP contribution in [0.15, 0.2) is 51.9 Å². The zero-order valence-corrected chi connectivity index (χ0v) is 18.2. The average Bonchev–Trinajstić information content (AvgIpc) is 3.40. The number of fused-ring (bicyclic) bond motifs is 1. The lowest BCUT2D eigenvalue weighted by atomic mass is 9.99. The van der Waals surface area contributed by atoms with E-state index in [1.54, 1.807) is 47.5 Å². The molecule has 1 saturated heterocycles. The molecule has 0 N–H and O–H groups in total. The topological polar surface area (TPSA) is 98.5 Å². The number of aromatic nitrogens is 5. The highest BCUT2D eigenvalue weighted by molar-refractivity contribution is 6.30. The summed E-state index contributed by atoms with van der Waals surface area (Å²) in [5.74, 6) is 1.14. The number of piperidine rings is 1. The lowest BCUT2D eigenvalue weighted by Gasteiger charge is -2.30. The molecule has 5 rings (SSSR count). The quantitative estimate of drug-likeness (QED) is 0.471. The zero-order chi connectivity index (χ0) is 22.2. The van der Waals surface area contributed by atoms with Crippen molar-refractivity contribution in [3.05, 3.63) is 58.1 Å². The minimum absolute atomic E-state index is 0.103. The maximum atomic E-state index is 12.9. The van der Waals surface area contributed by atoms with E-state index >= 15 is 0 Å². The first-order valence-corrected chi connectivity index (χ1v) is 10.8. The standard InChI is InChI=1S/C22H21ClN6O3/c1-14-8-11-27(12-9-14)18(30)13-29-22(31)28-10-2-3-17(20(28)25-29)21-24-19(26-32-21)15-4-6-16(23)7-5-15/h2-7,10,14H,8-9,11-13H2,1H3. The van der Waals surface area contributed by atoms with Crippen molar-refractivity contribution >= 4 is 23.2 Å². The van der Waals surface area contributed by atoms with Crippen LogP contribution in [0, 0.1) is 5.92 Å². The molecule has 10 heteroatoms. The number of hydrogen-bond donors (Lipinski definition) is 0. The van der Waals surface area contributed by atoms with Crippen molar-refractivity contribution in [3.8, 4) is 22.8 Å². The van der Waals surface area contributed by atoms with Gasteiger partial charge in [0.1, 0.15) is 6.54 Å². The van der Waals surface area contributed by atoms with Crippen LogP contribution in [0.5, 0.6) is 0 Å². The first kappa shape index (κ1) is 20.4. The number of likely N-dealkylation sites (tertiary alicyclic amines) is 1. The molecule has 0 spiro atoms. The molecule has 1 amide bonds. The van der Waals surface area contributed by atoms with E-state index in [1.807, 2.05) is 0 Å². The van der Waals surface area contributed by atoms with Gasteiger partial charge in [0.15, 0.2) is 5.65 Å². The Kier molecular flexibility index (Phi) is 5.26. The maximum absolute atomic E-state index is 12.9. The van der Waals surface area contributed by atoms with Crippen LogP contribution >= 0.6 is 11.6 Å². The van der Waals surface area contributed by atoms with E-state index in [4.69, 9.17) is 16.1 Å². The molecule has 4 heterocycles. The lowest BCUT2D eigenvalue weighted by molar-refractivity contribution is -0.133. The highest BCUT2D eigenvalue weighted by atomic mass is 35.5. The fourth-order valence-electron chi connectivity index (χ4n) is 3.84. The third-order valence-corrected chi connectivity index (χ3v) is 6.04. The molecule has 1 aliphatic rings. The molecule has 0 atom stereocenters. The molecule has 1 aliphatic heterocycles. The number of pyridine rings is 1. The summed E-state index contributed by atoms with van der Waals surface area (Å²) in [5, 5.41) is 9.05. The summed E-state index contributed by atoms with van der Waals surface area (Å²) in [7, 11) is 0. The van der Waals surface area contributed by atoms with Crippen LogP contribution in [-0.2, 0) is 11.3 Å². The number of rotatable bonds is 4. The molecule has 0 saturated carbocycles. The Morgan fingerprint density at radius 1 is 1.19 bits per heavy atom. The molecule has 3 aromatic heterocycles. The third kappa shape index (κ3) is 3.80. The maximum Gasteiger partial charge on any atom is 0.350 e. The summed E-state index contributed by atoms with van der Waals surface area (Å²) in [4.78, 5) is 31.8. The summed E-state index contributed by atoms with van der Waals surface area (Å²) < 4.78 is 8.02. The van der Waals surface area contributed by atoms with Gasteiger partial charge in [-0.3, -0.25) is 4.79 Å². The fraction of sp³-hybridized carbons (Fsp3) is 0.318. The van der Waals surface area contributed by atoms with E-state index in [1.165, 1.54) is 9.08 Å². The van der Waals surface area contributed by atoms with Crippen LogP contribution in [0.1, 0.15) is 19.8 Å². The predicted molar refractivity (Wildman–Crippen MR) is 118 cm³/mol. The van der Waals surface area contributed by atoms with Gasteiger partial charge < -0.3 is 9.42 Å². The van der Waals surface area contributed by atoms with Crippen molar-refractivity contribution in [2.24, 2.45) is 5.92 Å². The molecule has 1 fully saturated rings.